The van der Waals surface area contributed by atoms with Crippen LogP contribution in [0.25, 0.3) is 0 Å². The van der Waals surface area contributed by atoms with E-state index >= 15 is 0 Å². The Labute approximate surface area is 369 Å². The van der Waals surface area contributed by atoms with Crippen molar-refractivity contribution in [3.8, 4) is 0 Å². The second-order valence-corrected chi connectivity index (χ2v) is 27.2. The van der Waals surface area contributed by atoms with Gasteiger partial charge < -0.3 is 29.6 Å². The molecular weight excluding hydrogens is 760 g/mol. The molecule has 0 saturated heterocycles. The van der Waals surface area contributed by atoms with E-state index in [9.17, 15) is 14.6 Å². The van der Waals surface area contributed by atoms with Crippen LogP contribution in [-0.2, 0) is 9.16 Å². The number of ether oxygens (including phenoxy) is 1. The molecule has 11 atom stereocenters. The smallest absolute Gasteiger partial charge is 0.376 e. The van der Waals surface area contributed by atoms with Crippen molar-refractivity contribution in [1.29, 1.82) is 0 Å². The predicted molar refractivity (Wildman–Crippen MR) is 252 cm³/mol. The lowest BCUT2D eigenvalue weighted by Gasteiger charge is -2.63. The SMILES string of the molecule is [B]C(=O)NCCCCN(CCCNC1CC[C@@]2(C)C(C1)C[C@H](OC(=O)c1ccccc1)C1C2CC[C@@]2(C)C1CC[C@@H]2[C@@H](C)CCC(O[Si](C)(C)C(C)(C)C)C(C)C)B(C)O. The third-order valence-corrected chi connectivity index (χ3v) is 21.8. The van der Waals surface area contributed by atoms with Gasteiger partial charge in [-0.25, -0.2) is 4.79 Å². The number of nitrogens with one attached hydrogen (secondary N) is 2. The topological polar surface area (TPSA) is 100 Å². The molecule has 11 heteroatoms. The molecule has 8 nitrogen and oxygen atoms in total. The van der Waals surface area contributed by atoms with E-state index in [1.807, 2.05) is 37.2 Å². The zero-order chi connectivity index (χ0) is 44.0. The fraction of sp³-hybridized carbons (Fsp3) is 0.837. The molecule has 4 fully saturated rings. The van der Waals surface area contributed by atoms with E-state index in [1.165, 1.54) is 44.9 Å². The zero-order valence-electron chi connectivity index (χ0n) is 39.9. The van der Waals surface area contributed by atoms with Crippen LogP contribution in [0, 0.1) is 52.3 Å². The molecule has 0 aliphatic heterocycles. The third kappa shape index (κ3) is 11.7. The number of esters is 1. The molecular formula is C49H85B2N3O5Si. The third-order valence-electron chi connectivity index (χ3n) is 17.3. The van der Waals surface area contributed by atoms with Gasteiger partial charge in [-0.1, -0.05) is 73.6 Å². The highest BCUT2D eigenvalue weighted by molar-refractivity contribution is 6.74. The molecule has 0 spiro atoms. The molecule has 60 heavy (non-hydrogen) atoms. The first kappa shape index (κ1) is 49.4. The number of fused-ring (bicyclic) bond motifs is 5. The molecule has 3 N–H and O–H groups in total. The standard InChI is InChI=1S/C49H85B2N3O5Si/c1-34(2)42(59-60(10,11)47(4,5)6)23-20-35(3)39-21-22-40-44-41(25-27-49(39,40)8)48(7)26-24-38(32-37(48)33-43(44)58-45(55)36-18-13-12-14-19-36)52-29-17-31-54(51(9)57)30-16-15-28-53-46(50)56/h12-14,18-19,34-35,37-44,52,57H,15-17,20-33H2,1-11H3,(H,53,56)/t35-,37?,38?,39+,40?,41?,42?,43-,44?,48-,49+/m0/s1. The minimum absolute atomic E-state index is 0.0562. The molecule has 0 bridgehead atoms. The van der Waals surface area contributed by atoms with Crippen LogP contribution in [0.15, 0.2) is 30.3 Å². The van der Waals surface area contributed by atoms with Crippen molar-refractivity contribution >= 4 is 35.0 Å². The molecule has 336 valence electrons. The fourth-order valence-corrected chi connectivity index (χ4v) is 14.2. The second kappa shape index (κ2) is 20.9. The number of hydrogen-bond donors (Lipinski definition) is 3. The summed E-state index contributed by atoms with van der Waals surface area (Å²) in [7, 11) is 2.83. The van der Waals surface area contributed by atoms with Gasteiger partial charge in [0, 0.05) is 24.6 Å². The molecule has 1 aromatic rings. The Morgan fingerprint density at radius 3 is 2.25 bits per heavy atom. The van der Waals surface area contributed by atoms with Crippen LogP contribution in [0.4, 0.5) is 4.79 Å². The fourth-order valence-electron chi connectivity index (χ4n) is 12.7. The Kier molecular flexibility index (Phi) is 17.2. The number of amides is 1. The van der Waals surface area contributed by atoms with Crippen molar-refractivity contribution in [1.82, 2.24) is 15.4 Å². The number of benzene rings is 1. The molecule has 2 radical (unpaired) electrons. The number of nitrogens with zero attached hydrogens (tertiary/aromatic N) is 1. The highest BCUT2D eigenvalue weighted by Gasteiger charge is 2.64. The Bertz CT molecular complexity index is 1530. The largest absolute Gasteiger partial charge is 0.458 e. The van der Waals surface area contributed by atoms with E-state index in [-0.39, 0.29) is 27.9 Å². The highest BCUT2D eigenvalue weighted by Crippen LogP contribution is 2.69. The quantitative estimate of drug-likeness (QED) is 0.0683. The van der Waals surface area contributed by atoms with Crippen molar-refractivity contribution < 1.29 is 23.8 Å². The summed E-state index contributed by atoms with van der Waals surface area (Å²) in [5.41, 5.74) is 1.17. The molecule has 4 aliphatic carbocycles. The Morgan fingerprint density at radius 2 is 1.60 bits per heavy atom. The summed E-state index contributed by atoms with van der Waals surface area (Å²) in [5, 5.41) is 17.2. The van der Waals surface area contributed by atoms with Gasteiger partial charge >= 0.3 is 13.0 Å². The van der Waals surface area contributed by atoms with Gasteiger partial charge in [0.1, 0.15) is 6.10 Å². The Morgan fingerprint density at radius 1 is 0.933 bits per heavy atom. The summed E-state index contributed by atoms with van der Waals surface area (Å²) >= 11 is 0. The summed E-state index contributed by atoms with van der Waals surface area (Å²) in [6.07, 6.45) is 14.9. The lowest BCUT2D eigenvalue weighted by atomic mass is 9.43. The van der Waals surface area contributed by atoms with Crippen LogP contribution in [0.5, 0.6) is 0 Å². The van der Waals surface area contributed by atoms with Crippen molar-refractivity contribution in [2.75, 3.05) is 26.2 Å². The van der Waals surface area contributed by atoms with Gasteiger partial charge in [-0.15, -0.1) is 0 Å². The van der Waals surface area contributed by atoms with E-state index in [0.717, 1.165) is 58.2 Å². The average Bonchev–Trinajstić information content (AvgIpc) is 3.54. The van der Waals surface area contributed by atoms with E-state index in [0.29, 0.717) is 65.7 Å². The summed E-state index contributed by atoms with van der Waals surface area (Å²) in [6, 6.07) is 10.1. The summed E-state index contributed by atoms with van der Waals surface area (Å²) < 4.78 is 13.9. The molecule has 0 heterocycles. The molecule has 0 aromatic heterocycles. The number of carbonyl (C=O) groups is 2. The van der Waals surface area contributed by atoms with Crippen LogP contribution >= 0.6 is 0 Å². The normalized spacial score (nSPS) is 31.5. The monoisotopic (exact) mass is 846 g/mol. The summed E-state index contributed by atoms with van der Waals surface area (Å²) in [5.74, 6) is 3.25. The zero-order valence-corrected chi connectivity index (χ0v) is 40.9. The molecule has 4 aliphatic rings. The number of rotatable bonds is 20. The molecule has 1 aromatic carbocycles. The minimum Gasteiger partial charge on any atom is -0.458 e. The Balaban J connectivity index is 1.25. The number of hydrogen-bond acceptors (Lipinski definition) is 7. The average molecular weight is 846 g/mol. The summed E-state index contributed by atoms with van der Waals surface area (Å²) in [6.45, 7) is 29.3. The summed E-state index contributed by atoms with van der Waals surface area (Å²) in [4.78, 5) is 27.0. The second-order valence-electron chi connectivity index (χ2n) is 22.4. The number of carbonyl (C=O) groups excluding carboxylic acids is 2. The Hall–Kier alpha value is -1.65. The van der Waals surface area contributed by atoms with Crippen molar-refractivity contribution in [2.24, 2.45) is 52.3 Å². The molecule has 1 amide bonds. The first-order chi connectivity index (χ1) is 28.2. The lowest BCUT2D eigenvalue weighted by Crippen LogP contribution is -2.60. The van der Waals surface area contributed by atoms with Gasteiger partial charge in [0.2, 0.25) is 0 Å². The first-order valence-electron chi connectivity index (χ1n) is 24.3. The van der Waals surface area contributed by atoms with E-state index in [4.69, 9.17) is 17.0 Å². The van der Waals surface area contributed by atoms with Crippen LogP contribution < -0.4 is 10.6 Å². The van der Waals surface area contributed by atoms with Gasteiger partial charge in [0.25, 0.3) is 0 Å². The van der Waals surface area contributed by atoms with E-state index in [2.05, 4.69) is 83.9 Å². The van der Waals surface area contributed by atoms with Gasteiger partial charge in [-0.3, -0.25) is 4.79 Å². The molecule has 6 unspecified atom stereocenters. The van der Waals surface area contributed by atoms with Crippen LogP contribution in [0.2, 0.25) is 25.0 Å². The predicted octanol–water partition coefficient (Wildman–Crippen LogP) is 10.4. The van der Waals surface area contributed by atoms with Gasteiger partial charge in [-0.05, 0) is 187 Å². The van der Waals surface area contributed by atoms with Crippen molar-refractivity contribution in [3.63, 3.8) is 0 Å². The number of unbranched alkanes of at least 4 members (excludes halogenated alkanes) is 1. The van der Waals surface area contributed by atoms with Crippen LogP contribution in [-0.4, -0.2) is 89.3 Å². The first-order valence-corrected chi connectivity index (χ1v) is 27.2. The van der Waals surface area contributed by atoms with Crippen molar-refractivity contribution in [3.05, 3.63) is 35.9 Å². The van der Waals surface area contributed by atoms with E-state index in [1.54, 1.807) is 0 Å². The maximum absolute atomic E-state index is 13.9. The van der Waals surface area contributed by atoms with Gasteiger partial charge in [-0.2, -0.15) is 0 Å². The van der Waals surface area contributed by atoms with Crippen LogP contribution in [0.1, 0.15) is 149 Å². The van der Waals surface area contributed by atoms with Gasteiger partial charge in [0.05, 0.1) is 5.56 Å². The van der Waals surface area contributed by atoms with Crippen LogP contribution in [0.3, 0.4) is 0 Å². The maximum Gasteiger partial charge on any atom is 0.376 e. The lowest BCUT2D eigenvalue weighted by molar-refractivity contribution is -0.168. The van der Waals surface area contributed by atoms with Gasteiger partial charge in [0.15, 0.2) is 22.0 Å². The molecule has 4 saturated carbocycles. The highest BCUT2D eigenvalue weighted by atomic mass is 28.4. The van der Waals surface area contributed by atoms with Crippen molar-refractivity contribution in [2.45, 2.75) is 182 Å². The van der Waals surface area contributed by atoms with E-state index < -0.39 is 21.2 Å². The minimum atomic E-state index is -1.86. The maximum atomic E-state index is 13.9. The molecule has 5 rings (SSSR count).